The van der Waals surface area contributed by atoms with Crippen LogP contribution in [0.2, 0.25) is 0 Å². The molecule has 0 aliphatic heterocycles. The third-order valence-electron chi connectivity index (χ3n) is 6.21. The fraction of sp³-hybridized carbons (Fsp3) is 0.360. The highest BCUT2D eigenvalue weighted by atomic mass is 19.1. The van der Waals surface area contributed by atoms with Gasteiger partial charge < -0.3 is 0 Å². The predicted octanol–water partition coefficient (Wildman–Crippen LogP) is 5.84. The lowest BCUT2D eigenvalue weighted by atomic mass is 9.83. The second kappa shape index (κ2) is 7.46. The van der Waals surface area contributed by atoms with Gasteiger partial charge in [-0.25, -0.2) is 4.39 Å². The van der Waals surface area contributed by atoms with Gasteiger partial charge in [0.2, 0.25) is 0 Å². The number of carbonyl (C=O) groups is 1. The second-order valence-corrected chi connectivity index (χ2v) is 8.59. The number of benzene rings is 2. The van der Waals surface area contributed by atoms with E-state index in [0.29, 0.717) is 17.4 Å². The predicted molar refractivity (Wildman–Crippen MR) is 111 cm³/mol. The van der Waals surface area contributed by atoms with Crippen molar-refractivity contribution in [3.63, 3.8) is 0 Å². The number of hydrogen-bond donors (Lipinski definition) is 0. The van der Waals surface area contributed by atoms with Crippen molar-refractivity contribution in [3.05, 3.63) is 77.2 Å². The standard InChI is InChI=1S/C25H26FNO/c1-17-20(16-27-24-21(17)9-6-10-22(24)26)14-23(28)19(15-25(2)11-12-25)13-18-7-4-3-5-8-18/h3-10,16,19H,11-15H2,1-2H3. The fourth-order valence-electron chi connectivity index (χ4n) is 4.08. The van der Waals surface area contributed by atoms with Gasteiger partial charge in [-0.05, 0) is 60.8 Å². The molecule has 0 bridgehead atoms. The third kappa shape index (κ3) is 3.99. The minimum absolute atomic E-state index is 0.0116. The van der Waals surface area contributed by atoms with E-state index in [0.717, 1.165) is 29.4 Å². The average molecular weight is 375 g/mol. The minimum Gasteiger partial charge on any atom is -0.299 e. The van der Waals surface area contributed by atoms with E-state index in [1.165, 1.54) is 24.5 Å². The highest BCUT2D eigenvalue weighted by Crippen LogP contribution is 2.50. The molecule has 1 aromatic heterocycles. The number of nitrogens with zero attached hydrogens (tertiary/aromatic N) is 1. The van der Waals surface area contributed by atoms with Gasteiger partial charge in [-0.1, -0.05) is 49.4 Å². The number of fused-ring (bicyclic) bond motifs is 1. The Morgan fingerprint density at radius 2 is 1.89 bits per heavy atom. The van der Waals surface area contributed by atoms with Crippen LogP contribution in [0.4, 0.5) is 4.39 Å². The maximum atomic E-state index is 14.0. The Hall–Kier alpha value is -2.55. The Bertz CT molecular complexity index is 1010. The number of aromatic nitrogens is 1. The SMILES string of the molecule is Cc1c(CC(=O)C(Cc2ccccc2)CC2(C)CC2)cnc2c(F)cccc12. The molecule has 3 aromatic rings. The first-order chi connectivity index (χ1) is 13.5. The molecule has 0 saturated heterocycles. The van der Waals surface area contributed by atoms with Gasteiger partial charge in [0.1, 0.15) is 17.1 Å². The van der Waals surface area contributed by atoms with Gasteiger partial charge >= 0.3 is 0 Å². The van der Waals surface area contributed by atoms with Gasteiger partial charge in [0, 0.05) is 23.9 Å². The summed E-state index contributed by atoms with van der Waals surface area (Å²) in [5.74, 6) is -0.0442. The lowest BCUT2D eigenvalue weighted by molar-refractivity contribution is -0.122. The molecule has 2 nitrogen and oxygen atoms in total. The van der Waals surface area contributed by atoms with E-state index >= 15 is 0 Å². The Kier molecular flexibility index (Phi) is 5.01. The molecule has 0 amide bonds. The van der Waals surface area contributed by atoms with Crippen molar-refractivity contribution >= 4 is 16.7 Å². The van der Waals surface area contributed by atoms with Crippen LogP contribution < -0.4 is 0 Å². The molecule has 3 heteroatoms. The summed E-state index contributed by atoms with van der Waals surface area (Å²) in [6.07, 6.45) is 6.18. The molecule has 0 N–H and O–H groups in total. The van der Waals surface area contributed by atoms with E-state index in [4.69, 9.17) is 0 Å². The molecule has 1 saturated carbocycles. The largest absolute Gasteiger partial charge is 0.299 e. The summed E-state index contributed by atoms with van der Waals surface area (Å²) in [5.41, 5.74) is 3.76. The zero-order valence-electron chi connectivity index (χ0n) is 16.5. The van der Waals surface area contributed by atoms with Gasteiger partial charge in [-0.2, -0.15) is 0 Å². The number of ketones is 1. The Morgan fingerprint density at radius 1 is 1.14 bits per heavy atom. The van der Waals surface area contributed by atoms with Gasteiger partial charge in [-0.15, -0.1) is 0 Å². The summed E-state index contributed by atoms with van der Waals surface area (Å²) in [4.78, 5) is 17.6. The summed E-state index contributed by atoms with van der Waals surface area (Å²) < 4.78 is 14.0. The van der Waals surface area contributed by atoms with Gasteiger partial charge in [0.15, 0.2) is 0 Å². The number of Topliss-reactive ketones (excluding diaryl/α,β-unsaturated/α-hetero) is 1. The van der Waals surface area contributed by atoms with Crippen LogP contribution in [0.25, 0.3) is 10.9 Å². The monoisotopic (exact) mass is 375 g/mol. The van der Waals surface area contributed by atoms with Crippen LogP contribution in [0.1, 0.15) is 42.9 Å². The maximum absolute atomic E-state index is 14.0. The van der Waals surface area contributed by atoms with Crippen molar-refractivity contribution in [2.24, 2.45) is 11.3 Å². The zero-order valence-corrected chi connectivity index (χ0v) is 16.5. The average Bonchev–Trinajstić information content (AvgIpc) is 3.42. The molecule has 1 fully saturated rings. The smallest absolute Gasteiger partial charge is 0.149 e. The molecule has 28 heavy (non-hydrogen) atoms. The van der Waals surface area contributed by atoms with Crippen LogP contribution in [-0.4, -0.2) is 10.8 Å². The van der Waals surface area contributed by atoms with Crippen molar-refractivity contribution < 1.29 is 9.18 Å². The fourth-order valence-corrected chi connectivity index (χ4v) is 4.08. The van der Waals surface area contributed by atoms with Gasteiger partial charge in [0.05, 0.1) is 0 Å². The van der Waals surface area contributed by atoms with Crippen molar-refractivity contribution in [3.8, 4) is 0 Å². The van der Waals surface area contributed by atoms with Crippen molar-refractivity contribution in [1.82, 2.24) is 4.98 Å². The van der Waals surface area contributed by atoms with Crippen LogP contribution in [0.3, 0.4) is 0 Å². The Balaban J connectivity index is 1.58. The van der Waals surface area contributed by atoms with E-state index in [-0.39, 0.29) is 17.5 Å². The summed E-state index contributed by atoms with van der Waals surface area (Å²) in [7, 11) is 0. The summed E-state index contributed by atoms with van der Waals surface area (Å²) in [5, 5.41) is 0.791. The quantitative estimate of drug-likeness (QED) is 0.519. The first-order valence-corrected chi connectivity index (χ1v) is 10.0. The number of rotatable bonds is 7. The van der Waals surface area contributed by atoms with E-state index < -0.39 is 0 Å². The molecule has 144 valence electrons. The topological polar surface area (TPSA) is 30.0 Å². The van der Waals surface area contributed by atoms with E-state index in [1.54, 1.807) is 12.3 Å². The Labute approximate surface area is 165 Å². The molecule has 1 aliphatic carbocycles. The molecule has 4 rings (SSSR count). The molecule has 1 unspecified atom stereocenters. The first kappa shape index (κ1) is 18.8. The number of pyridine rings is 1. The molecular formula is C25H26FNO. The van der Waals surface area contributed by atoms with E-state index in [9.17, 15) is 9.18 Å². The third-order valence-corrected chi connectivity index (χ3v) is 6.21. The van der Waals surface area contributed by atoms with E-state index in [1.807, 2.05) is 31.2 Å². The van der Waals surface area contributed by atoms with E-state index in [2.05, 4.69) is 24.0 Å². The van der Waals surface area contributed by atoms with Crippen LogP contribution in [-0.2, 0) is 17.6 Å². The zero-order chi connectivity index (χ0) is 19.7. The van der Waals surface area contributed by atoms with Crippen LogP contribution in [0.5, 0.6) is 0 Å². The lowest BCUT2D eigenvalue weighted by Gasteiger charge is -2.20. The maximum Gasteiger partial charge on any atom is 0.149 e. The molecule has 0 radical (unpaired) electrons. The van der Waals surface area contributed by atoms with Crippen molar-refractivity contribution in [1.29, 1.82) is 0 Å². The highest BCUT2D eigenvalue weighted by Gasteiger charge is 2.40. The number of halogens is 1. The summed E-state index contributed by atoms with van der Waals surface area (Å²) in [6.45, 7) is 4.24. The van der Waals surface area contributed by atoms with Gasteiger partial charge in [-0.3, -0.25) is 9.78 Å². The number of carbonyl (C=O) groups excluding carboxylic acids is 1. The Morgan fingerprint density at radius 3 is 2.61 bits per heavy atom. The molecule has 1 atom stereocenters. The van der Waals surface area contributed by atoms with Crippen LogP contribution in [0.15, 0.2) is 54.7 Å². The molecule has 0 spiro atoms. The number of aryl methyl sites for hydroxylation is 1. The normalized spacial score (nSPS) is 16.1. The van der Waals surface area contributed by atoms with Crippen molar-refractivity contribution in [2.45, 2.75) is 46.0 Å². The molecule has 2 aromatic carbocycles. The molecular weight excluding hydrogens is 349 g/mol. The highest BCUT2D eigenvalue weighted by molar-refractivity contribution is 5.88. The summed E-state index contributed by atoms with van der Waals surface area (Å²) >= 11 is 0. The van der Waals surface area contributed by atoms with Crippen molar-refractivity contribution in [2.75, 3.05) is 0 Å². The molecule has 1 aliphatic rings. The number of para-hydroxylation sites is 1. The molecule has 1 heterocycles. The van der Waals surface area contributed by atoms with Crippen LogP contribution >= 0.6 is 0 Å². The second-order valence-electron chi connectivity index (χ2n) is 8.59. The van der Waals surface area contributed by atoms with Gasteiger partial charge in [0.25, 0.3) is 0 Å². The summed E-state index contributed by atoms with van der Waals surface area (Å²) in [6, 6.07) is 15.3. The first-order valence-electron chi connectivity index (χ1n) is 10.0. The minimum atomic E-state index is -0.318. The van der Waals surface area contributed by atoms with Crippen LogP contribution in [0, 0.1) is 24.1 Å². The lowest BCUT2D eigenvalue weighted by Crippen LogP contribution is -2.22. The number of hydrogen-bond acceptors (Lipinski definition) is 2.